The molecule has 252 valence electrons. The Bertz CT molecular complexity index is 1610. The van der Waals surface area contributed by atoms with E-state index in [9.17, 15) is 0 Å². The lowest BCUT2D eigenvalue weighted by Gasteiger charge is -2.08. The number of aryl methyl sites for hydroxylation is 2. The summed E-state index contributed by atoms with van der Waals surface area (Å²) >= 11 is 0. The third-order valence-electron chi connectivity index (χ3n) is 7.20. The van der Waals surface area contributed by atoms with Gasteiger partial charge in [0, 0.05) is 50.1 Å². The highest BCUT2D eigenvalue weighted by atomic mass is 15.3. The molecule has 2 aromatic carbocycles. The van der Waals surface area contributed by atoms with Crippen LogP contribution in [-0.4, -0.2) is 32.7 Å². The van der Waals surface area contributed by atoms with Gasteiger partial charge in [-0.3, -0.25) is 9.36 Å². The molecule has 0 bridgehead atoms. The van der Waals surface area contributed by atoms with Crippen molar-refractivity contribution in [3.63, 3.8) is 0 Å². The summed E-state index contributed by atoms with van der Waals surface area (Å²) in [6.45, 7) is 18.5. The first-order chi connectivity index (χ1) is 22.7. The van der Waals surface area contributed by atoms with Crippen molar-refractivity contribution in [2.24, 2.45) is 24.9 Å². The summed E-state index contributed by atoms with van der Waals surface area (Å²) in [6.07, 6.45) is 7.93. The Morgan fingerprint density at radius 2 is 0.979 bits per heavy atom. The number of nitrogens with one attached hydrogen (secondary N) is 2. The zero-order valence-electron chi connectivity index (χ0n) is 30.6. The molecule has 48 heavy (non-hydrogen) atoms. The molecule has 2 N–H and O–H groups in total. The maximum absolute atomic E-state index is 4.64. The molecule has 0 radical (unpaired) electrons. The Morgan fingerprint density at radius 3 is 1.31 bits per heavy atom. The number of aromatic nitrogens is 4. The average Bonchev–Trinajstić information content (AvgIpc) is 3.63. The molecule has 0 aliphatic rings. The molecule has 0 aliphatic heterocycles. The third-order valence-corrected chi connectivity index (χ3v) is 7.20. The van der Waals surface area contributed by atoms with Crippen LogP contribution in [0.1, 0.15) is 78.9 Å². The molecule has 2 heterocycles. The van der Waals surface area contributed by atoms with Crippen molar-refractivity contribution in [2.45, 2.75) is 67.5 Å². The number of benzene rings is 2. The standard InChI is InChI=1S/2C21H27N3/c2*1-17(22-15-11-7-10-14-21(2,3)4)19-16-20(24(5)23-19)18-12-8-6-9-13-18/h2*6-9,11-13,16-17,22H,15H2,1-5H3/b11-7+;11-7-/t2*17-/m11/s1. The topological polar surface area (TPSA) is 59.7 Å². The number of hydrogen-bond donors (Lipinski definition) is 2. The van der Waals surface area contributed by atoms with Crippen LogP contribution in [0.2, 0.25) is 0 Å². The van der Waals surface area contributed by atoms with Crippen LogP contribution < -0.4 is 10.6 Å². The normalized spacial score (nSPS) is 12.9. The van der Waals surface area contributed by atoms with Crippen molar-refractivity contribution >= 4 is 0 Å². The molecule has 0 unspecified atom stereocenters. The van der Waals surface area contributed by atoms with Crippen LogP contribution in [0.15, 0.2) is 97.1 Å². The molecule has 0 fully saturated rings. The van der Waals surface area contributed by atoms with Gasteiger partial charge >= 0.3 is 0 Å². The van der Waals surface area contributed by atoms with E-state index < -0.39 is 0 Å². The molecule has 0 saturated heterocycles. The fourth-order valence-corrected chi connectivity index (χ4v) is 4.61. The highest BCUT2D eigenvalue weighted by Crippen LogP contribution is 2.23. The Balaban J connectivity index is 0.000000260. The highest BCUT2D eigenvalue weighted by molar-refractivity contribution is 5.60. The molecule has 4 aromatic rings. The average molecular weight is 643 g/mol. The summed E-state index contributed by atoms with van der Waals surface area (Å²) in [5.41, 5.74) is 6.82. The molecule has 6 heteroatoms. The minimum absolute atomic E-state index is 0.0485. The fourth-order valence-electron chi connectivity index (χ4n) is 4.61. The molecule has 2 aromatic heterocycles. The van der Waals surface area contributed by atoms with E-state index in [-0.39, 0.29) is 22.9 Å². The highest BCUT2D eigenvalue weighted by Gasteiger charge is 2.13. The van der Waals surface area contributed by atoms with Crippen molar-refractivity contribution in [1.82, 2.24) is 30.2 Å². The van der Waals surface area contributed by atoms with Crippen LogP contribution in [-0.2, 0) is 14.1 Å². The number of allylic oxidation sites excluding steroid dienone is 2. The second-order valence-electron chi connectivity index (χ2n) is 14.0. The second-order valence-corrected chi connectivity index (χ2v) is 14.0. The Morgan fingerprint density at radius 1 is 0.625 bits per heavy atom. The Kier molecular flexibility index (Phi) is 14.2. The van der Waals surface area contributed by atoms with E-state index in [4.69, 9.17) is 0 Å². The maximum atomic E-state index is 4.64. The van der Waals surface area contributed by atoms with Crippen molar-refractivity contribution < 1.29 is 0 Å². The lowest BCUT2D eigenvalue weighted by atomic mass is 9.98. The van der Waals surface area contributed by atoms with Gasteiger partial charge in [-0.15, -0.1) is 0 Å². The van der Waals surface area contributed by atoms with Gasteiger partial charge in [-0.05, 0) is 90.8 Å². The van der Waals surface area contributed by atoms with Crippen LogP contribution in [0.25, 0.3) is 22.5 Å². The Hall–Kier alpha value is -4.62. The first kappa shape index (κ1) is 37.8. The van der Waals surface area contributed by atoms with Crippen LogP contribution in [0.4, 0.5) is 0 Å². The van der Waals surface area contributed by atoms with Gasteiger partial charge in [-0.1, -0.05) is 96.5 Å². The third kappa shape index (κ3) is 13.2. The van der Waals surface area contributed by atoms with Gasteiger partial charge in [-0.2, -0.15) is 10.2 Å². The zero-order valence-corrected chi connectivity index (χ0v) is 30.6. The molecule has 6 nitrogen and oxygen atoms in total. The Labute approximate surface area is 289 Å². The SMILES string of the molecule is C[C@@H](NC/C=C/C#CC(C)(C)C)c1cc(-c2ccccc2)n(C)n1.C[C@@H](NC/C=C\C#CC(C)(C)C)c1cc(-c2ccccc2)n(C)n1. The van der Waals surface area contributed by atoms with Gasteiger partial charge in [0.15, 0.2) is 0 Å². The number of nitrogens with zero attached hydrogens (tertiary/aromatic N) is 4. The van der Waals surface area contributed by atoms with E-state index >= 15 is 0 Å². The molecule has 0 saturated carbocycles. The largest absolute Gasteiger partial charge is 0.305 e. The first-order valence-corrected chi connectivity index (χ1v) is 16.7. The molecule has 0 amide bonds. The molecule has 0 spiro atoms. The summed E-state index contributed by atoms with van der Waals surface area (Å²) in [6, 6.07) is 25.4. The van der Waals surface area contributed by atoms with E-state index in [1.165, 1.54) is 11.1 Å². The molecule has 4 rings (SSSR count). The predicted octanol–water partition coefficient (Wildman–Crippen LogP) is 8.69. The molecular weight excluding hydrogens is 589 g/mol. The van der Waals surface area contributed by atoms with Gasteiger partial charge < -0.3 is 10.6 Å². The van der Waals surface area contributed by atoms with Crippen LogP contribution in [0.5, 0.6) is 0 Å². The molecular formula is C42H54N6. The van der Waals surface area contributed by atoms with Crippen molar-refractivity contribution in [1.29, 1.82) is 0 Å². The van der Waals surface area contributed by atoms with E-state index in [0.29, 0.717) is 0 Å². The lowest BCUT2D eigenvalue weighted by molar-refractivity contribution is 0.570. The van der Waals surface area contributed by atoms with Crippen LogP contribution in [0, 0.1) is 34.5 Å². The summed E-state index contributed by atoms with van der Waals surface area (Å²) < 4.78 is 3.88. The van der Waals surface area contributed by atoms with Crippen LogP contribution in [0.3, 0.4) is 0 Å². The monoisotopic (exact) mass is 642 g/mol. The molecule has 0 aliphatic carbocycles. The van der Waals surface area contributed by atoms with Gasteiger partial charge in [-0.25, -0.2) is 0 Å². The van der Waals surface area contributed by atoms with Crippen molar-refractivity contribution in [3.8, 4) is 46.2 Å². The number of hydrogen-bond acceptors (Lipinski definition) is 4. The predicted molar refractivity (Wildman–Crippen MR) is 203 cm³/mol. The summed E-state index contributed by atoms with van der Waals surface area (Å²) in [5, 5.41) is 16.2. The van der Waals surface area contributed by atoms with Crippen molar-refractivity contribution in [2.75, 3.05) is 13.1 Å². The second kappa shape index (κ2) is 18.1. The van der Waals surface area contributed by atoms with E-state index in [1.54, 1.807) is 0 Å². The summed E-state index contributed by atoms with van der Waals surface area (Å²) in [5.74, 6) is 12.5. The van der Waals surface area contributed by atoms with Crippen molar-refractivity contribution in [3.05, 3.63) is 108 Å². The maximum Gasteiger partial charge on any atom is 0.0797 e. The van der Waals surface area contributed by atoms with Gasteiger partial charge in [0.05, 0.1) is 22.8 Å². The lowest BCUT2D eigenvalue weighted by Crippen LogP contribution is -2.19. The minimum atomic E-state index is 0.0485. The summed E-state index contributed by atoms with van der Waals surface area (Å²) in [4.78, 5) is 0. The van der Waals surface area contributed by atoms with E-state index in [0.717, 1.165) is 35.9 Å². The van der Waals surface area contributed by atoms with Gasteiger partial charge in [0.2, 0.25) is 0 Å². The fraction of sp³-hybridized carbons (Fsp3) is 0.381. The van der Waals surface area contributed by atoms with E-state index in [2.05, 4.69) is 148 Å². The minimum Gasteiger partial charge on any atom is -0.305 e. The first-order valence-electron chi connectivity index (χ1n) is 16.7. The molecule has 2 atom stereocenters. The summed E-state index contributed by atoms with van der Waals surface area (Å²) in [7, 11) is 3.97. The number of rotatable bonds is 10. The zero-order chi connectivity index (χ0) is 35.2. The quantitative estimate of drug-likeness (QED) is 0.170. The van der Waals surface area contributed by atoms with Crippen LogP contribution >= 0.6 is 0 Å². The smallest absolute Gasteiger partial charge is 0.0797 e. The van der Waals surface area contributed by atoms with E-state index in [1.807, 2.05) is 72.0 Å². The van der Waals surface area contributed by atoms with Gasteiger partial charge in [0.25, 0.3) is 0 Å². The van der Waals surface area contributed by atoms with Gasteiger partial charge in [0.1, 0.15) is 0 Å².